The number of nitrogens with zero attached hydrogens (tertiary/aromatic N) is 2. The Kier molecular flexibility index (Phi) is 5.33. The number of aromatic nitrogens is 1. The fraction of sp³-hybridized carbons (Fsp3) is 0.364. The van der Waals surface area contributed by atoms with Crippen LogP contribution in [0.4, 0.5) is 5.13 Å². The van der Waals surface area contributed by atoms with Crippen LogP contribution < -0.4 is 9.64 Å². The van der Waals surface area contributed by atoms with Gasteiger partial charge in [-0.2, -0.15) is 0 Å². The van der Waals surface area contributed by atoms with E-state index in [1.54, 1.807) is 29.4 Å². The summed E-state index contributed by atoms with van der Waals surface area (Å²) in [5.74, 6) is 0.584. The number of fused-ring (bicyclic) bond motifs is 1. The van der Waals surface area contributed by atoms with E-state index in [9.17, 15) is 4.79 Å². The third kappa shape index (κ3) is 3.75. The summed E-state index contributed by atoms with van der Waals surface area (Å²) < 4.78 is 12.2. The maximum absolute atomic E-state index is 13.4. The first-order valence-electron chi connectivity index (χ1n) is 9.50. The molecule has 0 spiro atoms. The summed E-state index contributed by atoms with van der Waals surface area (Å²) >= 11 is 1.55. The molecule has 0 N–H and O–H groups in total. The number of aryl methyl sites for hydroxylation is 2. The first kappa shape index (κ1) is 18.9. The highest BCUT2D eigenvalue weighted by Crippen LogP contribution is 2.32. The number of benzene rings is 2. The predicted molar refractivity (Wildman–Crippen MR) is 113 cm³/mol. The van der Waals surface area contributed by atoms with Gasteiger partial charge in [0.05, 0.1) is 30.0 Å². The Bertz CT molecular complexity index is 969. The zero-order valence-electron chi connectivity index (χ0n) is 16.4. The molecule has 2 aromatic carbocycles. The van der Waals surface area contributed by atoms with Gasteiger partial charge < -0.3 is 9.47 Å². The molecule has 1 aliphatic heterocycles. The quantitative estimate of drug-likeness (QED) is 0.625. The van der Waals surface area contributed by atoms with Crippen molar-refractivity contribution < 1.29 is 14.3 Å². The van der Waals surface area contributed by atoms with Crippen molar-refractivity contribution in [1.29, 1.82) is 0 Å². The molecule has 1 amide bonds. The van der Waals surface area contributed by atoms with Gasteiger partial charge in [0.15, 0.2) is 5.13 Å². The Morgan fingerprint density at radius 2 is 2.11 bits per heavy atom. The molecule has 0 bridgehead atoms. The fourth-order valence-electron chi connectivity index (χ4n) is 3.44. The third-order valence-corrected chi connectivity index (χ3v) is 6.24. The average Bonchev–Trinajstić information content (AvgIpc) is 3.35. The second kappa shape index (κ2) is 7.89. The van der Waals surface area contributed by atoms with Crippen LogP contribution >= 0.6 is 11.3 Å². The number of amides is 1. The Labute approximate surface area is 168 Å². The van der Waals surface area contributed by atoms with Crippen LogP contribution in [0.3, 0.4) is 0 Å². The normalized spacial score (nSPS) is 16.5. The summed E-state index contributed by atoms with van der Waals surface area (Å²) in [4.78, 5) is 19.9. The van der Waals surface area contributed by atoms with Gasteiger partial charge in [0.1, 0.15) is 5.75 Å². The molecule has 0 saturated carbocycles. The molecule has 146 valence electrons. The lowest BCUT2D eigenvalue weighted by Gasteiger charge is -2.23. The second-order valence-corrected chi connectivity index (χ2v) is 8.19. The number of anilines is 1. The molecule has 4 rings (SSSR count). The number of hydrogen-bond donors (Lipinski definition) is 0. The van der Waals surface area contributed by atoms with Gasteiger partial charge in [0.2, 0.25) is 0 Å². The molecule has 1 aliphatic rings. The summed E-state index contributed by atoms with van der Waals surface area (Å²) in [6, 6.07) is 11.5. The molecule has 1 atom stereocenters. The van der Waals surface area contributed by atoms with Crippen molar-refractivity contribution in [2.24, 2.45) is 0 Å². The van der Waals surface area contributed by atoms with Crippen LogP contribution in [0.5, 0.6) is 5.75 Å². The smallest absolute Gasteiger partial charge is 0.260 e. The Hall–Kier alpha value is -2.44. The second-order valence-electron chi connectivity index (χ2n) is 7.18. The summed E-state index contributed by atoms with van der Waals surface area (Å²) in [5, 5.41) is 0.711. The van der Waals surface area contributed by atoms with Gasteiger partial charge in [0.25, 0.3) is 5.91 Å². The van der Waals surface area contributed by atoms with Crippen LogP contribution in [-0.4, -0.2) is 37.3 Å². The predicted octanol–water partition coefficient (Wildman–Crippen LogP) is 4.75. The summed E-state index contributed by atoms with van der Waals surface area (Å²) in [5.41, 5.74) is 3.95. The van der Waals surface area contributed by atoms with Gasteiger partial charge in [-0.3, -0.25) is 9.69 Å². The van der Waals surface area contributed by atoms with E-state index in [0.29, 0.717) is 23.0 Å². The summed E-state index contributed by atoms with van der Waals surface area (Å²) in [6.07, 6.45) is 2.04. The van der Waals surface area contributed by atoms with Crippen molar-refractivity contribution in [3.05, 3.63) is 53.1 Å². The van der Waals surface area contributed by atoms with Crippen LogP contribution in [0, 0.1) is 13.8 Å². The zero-order valence-corrected chi connectivity index (χ0v) is 17.2. The van der Waals surface area contributed by atoms with Gasteiger partial charge in [-0.15, -0.1) is 0 Å². The number of carbonyl (C=O) groups is 1. The maximum atomic E-state index is 13.4. The molecule has 28 heavy (non-hydrogen) atoms. The van der Waals surface area contributed by atoms with Crippen LogP contribution in [-0.2, 0) is 4.74 Å². The molecule has 3 aromatic rings. The number of methoxy groups -OCH3 is 1. The van der Waals surface area contributed by atoms with E-state index in [2.05, 4.69) is 26.0 Å². The highest BCUT2D eigenvalue weighted by molar-refractivity contribution is 7.22. The molecule has 0 aliphatic carbocycles. The summed E-state index contributed by atoms with van der Waals surface area (Å²) in [6.45, 7) is 5.44. The maximum Gasteiger partial charge on any atom is 0.260 e. The van der Waals surface area contributed by atoms with E-state index in [1.165, 1.54) is 11.1 Å². The summed E-state index contributed by atoms with van der Waals surface area (Å²) in [7, 11) is 1.60. The van der Waals surface area contributed by atoms with Crippen LogP contribution in [0.15, 0.2) is 36.4 Å². The van der Waals surface area contributed by atoms with E-state index in [0.717, 1.165) is 29.7 Å². The Morgan fingerprint density at radius 3 is 2.86 bits per heavy atom. The number of thiazole rings is 1. The highest BCUT2D eigenvalue weighted by Gasteiger charge is 2.27. The number of ether oxygens (including phenoxy) is 2. The largest absolute Gasteiger partial charge is 0.497 e. The van der Waals surface area contributed by atoms with Crippen LogP contribution in [0.2, 0.25) is 0 Å². The van der Waals surface area contributed by atoms with E-state index in [-0.39, 0.29) is 12.0 Å². The lowest BCUT2D eigenvalue weighted by molar-refractivity contribution is 0.0917. The molecule has 0 radical (unpaired) electrons. The highest BCUT2D eigenvalue weighted by atomic mass is 32.1. The van der Waals surface area contributed by atoms with E-state index in [4.69, 9.17) is 14.5 Å². The van der Waals surface area contributed by atoms with Crippen molar-refractivity contribution in [2.75, 3.05) is 25.2 Å². The molecule has 1 fully saturated rings. The minimum Gasteiger partial charge on any atom is -0.497 e. The third-order valence-electron chi connectivity index (χ3n) is 5.20. The van der Waals surface area contributed by atoms with Gasteiger partial charge in [-0.25, -0.2) is 4.98 Å². The topological polar surface area (TPSA) is 51.7 Å². The van der Waals surface area contributed by atoms with Gasteiger partial charge >= 0.3 is 0 Å². The van der Waals surface area contributed by atoms with Crippen molar-refractivity contribution in [1.82, 2.24) is 4.98 Å². The SMILES string of the molecule is COc1cccc(C(=O)N(CC2CCCO2)c2nc3cc(C)c(C)cc3s2)c1. The minimum absolute atomic E-state index is 0.0463. The van der Waals surface area contributed by atoms with Crippen molar-refractivity contribution >= 4 is 32.6 Å². The van der Waals surface area contributed by atoms with Gasteiger partial charge in [0, 0.05) is 12.2 Å². The minimum atomic E-state index is -0.0816. The first-order valence-corrected chi connectivity index (χ1v) is 10.3. The molecule has 1 unspecified atom stereocenters. The first-order chi connectivity index (χ1) is 13.5. The van der Waals surface area contributed by atoms with Crippen LogP contribution in [0.25, 0.3) is 10.2 Å². The lowest BCUT2D eigenvalue weighted by Crippen LogP contribution is -2.37. The van der Waals surface area contributed by atoms with Crippen molar-refractivity contribution in [3.8, 4) is 5.75 Å². The van der Waals surface area contributed by atoms with E-state index >= 15 is 0 Å². The van der Waals surface area contributed by atoms with Gasteiger partial charge in [-0.05, 0) is 68.1 Å². The van der Waals surface area contributed by atoms with Gasteiger partial charge in [-0.1, -0.05) is 17.4 Å². The monoisotopic (exact) mass is 396 g/mol. The Morgan fingerprint density at radius 1 is 1.29 bits per heavy atom. The lowest BCUT2D eigenvalue weighted by atomic mass is 10.1. The standard InChI is InChI=1S/C22H24N2O3S/c1-14-10-19-20(11-15(14)2)28-22(23-19)24(13-18-8-5-9-27-18)21(25)16-6-4-7-17(12-16)26-3/h4,6-7,10-12,18H,5,8-9,13H2,1-3H3. The van der Waals surface area contributed by atoms with E-state index in [1.807, 2.05) is 18.2 Å². The van der Waals surface area contributed by atoms with E-state index < -0.39 is 0 Å². The fourth-order valence-corrected chi connectivity index (χ4v) is 4.49. The van der Waals surface area contributed by atoms with Crippen LogP contribution in [0.1, 0.15) is 34.3 Å². The average molecular weight is 397 g/mol. The molecular weight excluding hydrogens is 372 g/mol. The molecular formula is C22H24N2O3S. The number of carbonyl (C=O) groups excluding carboxylic acids is 1. The Balaban J connectivity index is 1.73. The van der Waals surface area contributed by atoms with Crippen molar-refractivity contribution in [2.45, 2.75) is 32.8 Å². The van der Waals surface area contributed by atoms with Crippen molar-refractivity contribution in [3.63, 3.8) is 0 Å². The molecule has 2 heterocycles. The molecule has 5 nitrogen and oxygen atoms in total. The number of hydrogen-bond acceptors (Lipinski definition) is 5. The molecule has 6 heteroatoms. The zero-order chi connectivity index (χ0) is 19.7. The number of rotatable bonds is 5. The molecule has 1 aromatic heterocycles. The molecule has 1 saturated heterocycles.